The van der Waals surface area contributed by atoms with E-state index >= 15 is 4.39 Å². The third-order valence-corrected chi connectivity index (χ3v) is 5.28. The minimum atomic E-state index is -1.41. The lowest BCUT2D eigenvalue weighted by atomic mass is 10.1. The second-order valence-corrected chi connectivity index (χ2v) is 7.34. The second kappa shape index (κ2) is 7.75. The predicted molar refractivity (Wildman–Crippen MR) is 108 cm³/mol. The van der Waals surface area contributed by atoms with Crippen LogP contribution in [0.5, 0.6) is 11.5 Å². The molecule has 0 aliphatic carbocycles. The van der Waals surface area contributed by atoms with Gasteiger partial charge >= 0.3 is 0 Å². The molecular weight excluding hydrogens is 428 g/mol. The Labute approximate surface area is 178 Å². The molecule has 2 aromatic heterocycles. The summed E-state index contributed by atoms with van der Waals surface area (Å²) in [7, 11) is 0. The zero-order chi connectivity index (χ0) is 22.4. The Kier molecular flexibility index (Phi) is 4.89. The van der Waals surface area contributed by atoms with E-state index in [-0.39, 0.29) is 28.9 Å². The molecule has 1 saturated heterocycles. The number of nitrogens with one attached hydrogen (secondary N) is 1. The van der Waals surface area contributed by atoms with E-state index in [0.717, 1.165) is 19.0 Å². The van der Waals surface area contributed by atoms with Gasteiger partial charge in [0.15, 0.2) is 17.2 Å². The first kappa shape index (κ1) is 20.2. The van der Waals surface area contributed by atoms with Crippen molar-refractivity contribution in [3.63, 3.8) is 0 Å². The third kappa shape index (κ3) is 3.40. The Bertz CT molecular complexity index is 1340. The van der Waals surface area contributed by atoms with Crippen LogP contribution < -0.4 is 15.8 Å². The van der Waals surface area contributed by atoms with E-state index in [1.165, 1.54) is 18.5 Å². The van der Waals surface area contributed by atoms with Crippen LogP contribution in [0.25, 0.3) is 22.3 Å². The number of nitrogen functional groups attached to an aromatic ring is 1. The van der Waals surface area contributed by atoms with Gasteiger partial charge in [0, 0.05) is 30.3 Å². The summed E-state index contributed by atoms with van der Waals surface area (Å²) in [5.74, 6) is -5.26. The number of aromatic nitrogens is 4. The third-order valence-electron chi connectivity index (χ3n) is 5.28. The maximum Gasteiger partial charge on any atom is 0.201 e. The number of hydrogen-bond acceptors (Lipinski definition) is 6. The van der Waals surface area contributed by atoms with E-state index in [9.17, 15) is 13.2 Å². The van der Waals surface area contributed by atoms with Crippen LogP contribution in [0.4, 0.5) is 23.4 Å². The van der Waals surface area contributed by atoms with Crippen LogP contribution in [0.15, 0.2) is 36.7 Å². The van der Waals surface area contributed by atoms with E-state index in [0.29, 0.717) is 29.7 Å². The van der Waals surface area contributed by atoms with E-state index < -0.39 is 29.0 Å². The molecule has 1 fully saturated rings. The van der Waals surface area contributed by atoms with Gasteiger partial charge < -0.3 is 15.8 Å². The van der Waals surface area contributed by atoms with E-state index in [1.54, 1.807) is 4.68 Å². The Morgan fingerprint density at radius 2 is 1.91 bits per heavy atom. The van der Waals surface area contributed by atoms with Crippen molar-refractivity contribution in [2.75, 3.05) is 18.8 Å². The van der Waals surface area contributed by atoms with Crippen molar-refractivity contribution in [3.05, 3.63) is 59.9 Å². The normalized spacial score (nSPS) is 16.1. The minimum Gasteiger partial charge on any atom is -0.454 e. The van der Waals surface area contributed by atoms with Gasteiger partial charge in [-0.25, -0.2) is 27.8 Å². The molecule has 1 aliphatic rings. The van der Waals surface area contributed by atoms with Crippen molar-refractivity contribution >= 4 is 16.9 Å². The van der Waals surface area contributed by atoms with Gasteiger partial charge in [-0.2, -0.15) is 9.49 Å². The fraction of sp³-hybridized carbons (Fsp3) is 0.190. The Hall–Kier alpha value is -3.73. The van der Waals surface area contributed by atoms with E-state index in [4.69, 9.17) is 10.5 Å². The number of rotatable bonds is 4. The van der Waals surface area contributed by atoms with Crippen LogP contribution in [0.1, 0.15) is 12.5 Å². The number of ether oxygens (including phenoxy) is 1. The quantitative estimate of drug-likeness (QED) is 0.366. The molecule has 5 rings (SSSR count). The fourth-order valence-electron chi connectivity index (χ4n) is 3.77. The summed E-state index contributed by atoms with van der Waals surface area (Å²) in [6, 6.07) is 4.76. The summed E-state index contributed by atoms with van der Waals surface area (Å²) < 4.78 is 62.6. The van der Waals surface area contributed by atoms with Crippen LogP contribution in [-0.2, 0) is 0 Å². The molecule has 7 nitrogen and oxygen atoms in total. The highest BCUT2D eigenvalue weighted by Gasteiger charge is 2.25. The highest BCUT2D eigenvalue weighted by molar-refractivity contribution is 5.98. The lowest BCUT2D eigenvalue weighted by Gasteiger charge is -2.10. The minimum absolute atomic E-state index is 0.0251. The number of fused-ring (bicyclic) bond motifs is 1. The zero-order valence-corrected chi connectivity index (χ0v) is 16.4. The molecule has 164 valence electrons. The van der Waals surface area contributed by atoms with Crippen molar-refractivity contribution in [1.82, 2.24) is 25.1 Å². The van der Waals surface area contributed by atoms with Crippen LogP contribution in [0, 0.1) is 23.3 Å². The molecule has 0 radical (unpaired) electrons. The van der Waals surface area contributed by atoms with Crippen LogP contribution in [-0.4, -0.2) is 32.8 Å². The fourth-order valence-corrected chi connectivity index (χ4v) is 3.77. The molecular formula is C21H16F4N6O. The van der Waals surface area contributed by atoms with Crippen molar-refractivity contribution in [1.29, 1.82) is 0 Å². The monoisotopic (exact) mass is 444 g/mol. The first-order valence-electron chi connectivity index (χ1n) is 9.74. The van der Waals surface area contributed by atoms with Crippen molar-refractivity contribution in [2.45, 2.75) is 12.5 Å². The number of halogens is 4. The molecule has 1 aliphatic heterocycles. The van der Waals surface area contributed by atoms with E-state index in [1.807, 2.05) is 0 Å². The maximum atomic E-state index is 15.1. The Morgan fingerprint density at radius 3 is 2.66 bits per heavy atom. The lowest BCUT2D eigenvalue weighted by molar-refractivity contribution is 0.406. The first-order valence-corrected chi connectivity index (χ1v) is 9.74. The van der Waals surface area contributed by atoms with Gasteiger partial charge in [0.25, 0.3) is 0 Å². The molecule has 0 spiro atoms. The standard InChI is InChI=1S/C21H16F4N6O/c22-10-5-15(24)18(25)16(6-10)32-12-1-2-13(14(23)7-12)19-17-20(26)28-9-29-21(17)31(30-19)11-3-4-27-8-11/h1-2,5-7,9,11,27H,3-4,8H2,(H2,26,28,29)/t11-/m1/s1. The van der Waals surface area contributed by atoms with Gasteiger partial charge in [-0.1, -0.05) is 0 Å². The molecule has 32 heavy (non-hydrogen) atoms. The molecule has 0 unspecified atom stereocenters. The smallest absolute Gasteiger partial charge is 0.201 e. The number of nitrogens with two attached hydrogens (primary N) is 1. The second-order valence-electron chi connectivity index (χ2n) is 7.34. The molecule has 2 aromatic carbocycles. The topological polar surface area (TPSA) is 90.9 Å². The van der Waals surface area contributed by atoms with Gasteiger partial charge in [0.05, 0.1) is 11.4 Å². The summed E-state index contributed by atoms with van der Waals surface area (Å²) in [5.41, 5.74) is 6.88. The molecule has 0 amide bonds. The number of anilines is 1. The summed E-state index contributed by atoms with van der Waals surface area (Å²) in [6.45, 7) is 1.50. The van der Waals surface area contributed by atoms with Gasteiger partial charge in [0.2, 0.25) is 5.82 Å². The molecule has 11 heteroatoms. The number of benzene rings is 2. The largest absolute Gasteiger partial charge is 0.454 e. The average Bonchev–Trinajstić information content (AvgIpc) is 3.40. The van der Waals surface area contributed by atoms with Crippen LogP contribution in [0.3, 0.4) is 0 Å². The summed E-state index contributed by atoms with van der Waals surface area (Å²) in [4.78, 5) is 8.28. The van der Waals surface area contributed by atoms with Crippen molar-refractivity contribution < 1.29 is 22.3 Å². The molecule has 3 N–H and O–H groups in total. The summed E-state index contributed by atoms with van der Waals surface area (Å²) in [6.07, 6.45) is 2.15. The van der Waals surface area contributed by atoms with Gasteiger partial charge in [-0.15, -0.1) is 0 Å². The molecule has 0 saturated carbocycles. The maximum absolute atomic E-state index is 15.1. The Morgan fingerprint density at radius 1 is 1.06 bits per heavy atom. The number of hydrogen-bond donors (Lipinski definition) is 2. The molecule has 1 atom stereocenters. The lowest BCUT2D eigenvalue weighted by Crippen LogP contribution is -2.15. The zero-order valence-electron chi connectivity index (χ0n) is 16.4. The predicted octanol–water partition coefficient (Wildman–Crippen LogP) is 3.96. The highest BCUT2D eigenvalue weighted by Crippen LogP contribution is 2.36. The van der Waals surface area contributed by atoms with Gasteiger partial charge in [-0.3, -0.25) is 0 Å². The molecule has 4 aromatic rings. The van der Waals surface area contributed by atoms with Crippen LogP contribution in [0.2, 0.25) is 0 Å². The van der Waals surface area contributed by atoms with Gasteiger partial charge in [0.1, 0.15) is 35.2 Å². The van der Waals surface area contributed by atoms with Crippen molar-refractivity contribution in [2.24, 2.45) is 0 Å². The van der Waals surface area contributed by atoms with Crippen molar-refractivity contribution in [3.8, 4) is 22.8 Å². The average molecular weight is 444 g/mol. The van der Waals surface area contributed by atoms with E-state index in [2.05, 4.69) is 20.4 Å². The SMILES string of the molecule is Nc1ncnc2c1c(-c1ccc(Oc3cc(F)cc(F)c3F)cc1F)nn2[C@@H]1CCNC1. The number of nitrogens with zero attached hydrogens (tertiary/aromatic N) is 4. The Balaban J connectivity index is 1.56. The van der Waals surface area contributed by atoms with Crippen LogP contribution >= 0.6 is 0 Å². The highest BCUT2D eigenvalue weighted by atomic mass is 19.2. The molecule has 3 heterocycles. The first-order chi connectivity index (χ1) is 15.4. The summed E-state index contributed by atoms with van der Waals surface area (Å²) in [5, 5.41) is 8.22. The summed E-state index contributed by atoms with van der Waals surface area (Å²) >= 11 is 0. The van der Waals surface area contributed by atoms with Gasteiger partial charge in [-0.05, 0) is 25.1 Å². The molecule has 0 bridgehead atoms.